The Balaban J connectivity index is 1.83. The van der Waals surface area contributed by atoms with Gasteiger partial charge in [-0.2, -0.15) is 0 Å². The quantitative estimate of drug-likeness (QED) is 0.443. The Morgan fingerprint density at radius 1 is 1.35 bits per heavy atom. The average Bonchev–Trinajstić information content (AvgIpc) is 2.71. The Labute approximate surface area is 183 Å². The lowest BCUT2D eigenvalue weighted by molar-refractivity contribution is -0.173. The zero-order valence-corrected chi connectivity index (χ0v) is 19.0. The number of nitrogens with two attached hydrogens (primary N) is 1. The zero-order valence-electron chi connectivity index (χ0n) is 18.2. The van der Waals surface area contributed by atoms with Gasteiger partial charge in [0.25, 0.3) is 0 Å². The van der Waals surface area contributed by atoms with Crippen molar-refractivity contribution in [1.82, 2.24) is 10.2 Å². The van der Waals surface area contributed by atoms with E-state index in [0.29, 0.717) is 13.0 Å². The lowest BCUT2D eigenvalue weighted by Crippen LogP contribution is -2.45. The van der Waals surface area contributed by atoms with Crippen LogP contribution in [0.5, 0.6) is 0 Å². The van der Waals surface area contributed by atoms with Crippen LogP contribution in [0.1, 0.15) is 31.7 Å². The third-order valence-corrected chi connectivity index (χ3v) is 7.25. The normalized spacial score (nSPS) is 23.0. The predicted octanol–water partition coefficient (Wildman–Crippen LogP) is 0.624. The molecule has 8 nitrogen and oxygen atoms in total. The van der Waals surface area contributed by atoms with Gasteiger partial charge in [-0.1, -0.05) is 12.1 Å². The Bertz CT molecular complexity index is 796. The van der Waals surface area contributed by atoms with E-state index < -0.39 is 28.8 Å². The van der Waals surface area contributed by atoms with Gasteiger partial charge >= 0.3 is 0 Å². The number of sulfone groups is 1. The molecule has 4 atom stereocenters. The minimum atomic E-state index is -3.41. The van der Waals surface area contributed by atoms with Crippen molar-refractivity contribution in [3.05, 3.63) is 29.8 Å². The van der Waals surface area contributed by atoms with E-state index in [0.717, 1.165) is 12.0 Å². The molecule has 1 aromatic rings. The maximum absolute atomic E-state index is 13.5. The number of nitrogens with zero attached hydrogens (tertiary/aromatic N) is 1. The molecule has 1 amide bonds. The molecule has 0 bridgehead atoms. The summed E-state index contributed by atoms with van der Waals surface area (Å²) in [7, 11) is -1.51. The molecule has 1 saturated heterocycles. The molecule has 1 aliphatic rings. The number of amides is 1. The van der Waals surface area contributed by atoms with Gasteiger partial charge in [0, 0.05) is 32.0 Å². The molecule has 1 aliphatic heterocycles. The summed E-state index contributed by atoms with van der Waals surface area (Å²) in [6.07, 6.45) is 0.908. The summed E-state index contributed by atoms with van der Waals surface area (Å²) in [6.45, 7) is 1.71. The maximum atomic E-state index is 13.5. The number of aliphatic hydroxyl groups is 1. The molecule has 10 heteroatoms. The second-order valence-electron chi connectivity index (χ2n) is 8.13. The van der Waals surface area contributed by atoms with Gasteiger partial charge in [-0.3, -0.25) is 4.79 Å². The van der Waals surface area contributed by atoms with Gasteiger partial charge in [-0.15, -0.1) is 0 Å². The standard InChI is InChI=1S/C21H34FN3O5S/c1-15-11-18(13-21(27)30-15)25(2)9-7-20(26)24-17(14-22)12-16-3-5-19(6-4-16)31(28,29)10-8-23/h3-6,15,17-18,21,27H,7-14,23H2,1-2H3,(H,24,26)/t15-,17+,18+,21-/m1/s1. The summed E-state index contributed by atoms with van der Waals surface area (Å²) in [5.74, 6) is -0.382. The molecular weight excluding hydrogens is 425 g/mol. The highest BCUT2D eigenvalue weighted by molar-refractivity contribution is 7.91. The predicted molar refractivity (Wildman–Crippen MR) is 116 cm³/mol. The van der Waals surface area contributed by atoms with E-state index in [2.05, 4.69) is 5.32 Å². The van der Waals surface area contributed by atoms with Crippen LogP contribution in [0, 0.1) is 0 Å². The Morgan fingerprint density at radius 2 is 2.03 bits per heavy atom. The number of ether oxygens (including phenoxy) is 1. The van der Waals surface area contributed by atoms with Gasteiger partial charge in [0.05, 0.1) is 22.8 Å². The SMILES string of the molecule is C[C@@H]1C[C@H](N(C)CCC(=O)N[C@H](CF)Cc2ccc(S(=O)(=O)CCN)cc2)C[C@H](O)O1. The number of aliphatic hydroxyl groups excluding tert-OH is 1. The molecule has 1 fully saturated rings. The molecule has 0 radical (unpaired) electrons. The van der Waals surface area contributed by atoms with Crippen molar-refractivity contribution in [2.45, 2.75) is 62.0 Å². The molecule has 0 saturated carbocycles. The zero-order chi connectivity index (χ0) is 23.0. The first-order chi connectivity index (χ1) is 14.6. The molecule has 176 valence electrons. The van der Waals surface area contributed by atoms with E-state index in [9.17, 15) is 22.7 Å². The summed E-state index contributed by atoms with van der Waals surface area (Å²) in [4.78, 5) is 14.5. The third kappa shape index (κ3) is 8.12. The lowest BCUT2D eigenvalue weighted by atomic mass is 10.0. The fourth-order valence-corrected chi connectivity index (χ4v) is 4.84. The van der Waals surface area contributed by atoms with Crippen molar-refractivity contribution in [2.24, 2.45) is 5.73 Å². The number of carbonyl (C=O) groups is 1. The molecule has 4 N–H and O–H groups in total. The molecule has 1 aromatic carbocycles. The van der Waals surface area contributed by atoms with Crippen LogP contribution >= 0.6 is 0 Å². The highest BCUT2D eigenvalue weighted by atomic mass is 32.2. The van der Waals surface area contributed by atoms with Crippen LogP contribution in [-0.4, -0.2) is 81.4 Å². The van der Waals surface area contributed by atoms with Crippen molar-refractivity contribution >= 4 is 15.7 Å². The van der Waals surface area contributed by atoms with E-state index in [1.807, 2.05) is 18.9 Å². The van der Waals surface area contributed by atoms with Crippen molar-refractivity contribution < 1.29 is 27.4 Å². The largest absolute Gasteiger partial charge is 0.368 e. The summed E-state index contributed by atoms with van der Waals surface area (Å²) in [5.41, 5.74) is 6.06. The van der Waals surface area contributed by atoms with Crippen LogP contribution in [-0.2, 0) is 25.8 Å². The Kier molecular flexibility index (Phi) is 9.83. The molecule has 0 unspecified atom stereocenters. The fourth-order valence-electron chi connectivity index (χ4n) is 3.75. The molecule has 31 heavy (non-hydrogen) atoms. The third-order valence-electron chi connectivity index (χ3n) is 5.48. The first kappa shape index (κ1) is 25.7. The van der Waals surface area contributed by atoms with Crippen LogP contribution in [0.2, 0.25) is 0 Å². The maximum Gasteiger partial charge on any atom is 0.221 e. The van der Waals surface area contributed by atoms with E-state index >= 15 is 0 Å². The highest BCUT2D eigenvalue weighted by Crippen LogP contribution is 2.21. The number of rotatable bonds is 11. The Morgan fingerprint density at radius 3 is 2.61 bits per heavy atom. The number of nitrogens with one attached hydrogen (secondary N) is 1. The van der Waals surface area contributed by atoms with Crippen molar-refractivity contribution in [3.63, 3.8) is 0 Å². The van der Waals surface area contributed by atoms with Crippen molar-refractivity contribution in [3.8, 4) is 0 Å². The van der Waals surface area contributed by atoms with Gasteiger partial charge < -0.3 is 25.8 Å². The number of carbonyl (C=O) groups excluding carboxylic acids is 1. The van der Waals surface area contributed by atoms with E-state index in [4.69, 9.17) is 10.5 Å². The van der Waals surface area contributed by atoms with Crippen LogP contribution in [0.15, 0.2) is 29.2 Å². The van der Waals surface area contributed by atoms with E-state index in [1.54, 1.807) is 12.1 Å². The molecular formula is C21H34FN3O5S. The van der Waals surface area contributed by atoms with Gasteiger partial charge in [0.15, 0.2) is 16.1 Å². The number of benzene rings is 1. The minimum absolute atomic E-state index is 0.0439. The monoisotopic (exact) mass is 459 g/mol. The first-order valence-corrected chi connectivity index (χ1v) is 12.2. The lowest BCUT2D eigenvalue weighted by Gasteiger charge is -2.36. The smallest absolute Gasteiger partial charge is 0.221 e. The highest BCUT2D eigenvalue weighted by Gasteiger charge is 2.28. The molecule has 1 heterocycles. The van der Waals surface area contributed by atoms with Crippen LogP contribution in [0.4, 0.5) is 4.39 Å². The molecule has 0 aliphatic carbocycles. The fraction of sp³-hybridized carbons (Fsp3) is 0.667. The van der Waals surface area contributed by atoms with Crippen LogP contribution in [0.3, 0.4) is 0 Å². The van der Waals surface area contributed by atoms with Gasteiger partial charge in [0.1, 0.15) is 6.67 Å². The molecule has 0 spiro atoms. The van der Waals surface area contributed by atoms with E-state index in [1.165, 1.54) is 12.1 Å². The molecule has 0 aromatic heterocycles. The number of halogens is 1. The van der Waals surface area contributed by atoms with Crippen LogP contribution < -0.4 is 11.1 Å². The Hall–Kier alpha value is -1.59. The second-order valence-corrected chi connectivity index (χ2v) is 10.2. The number of hydrogen-bond acceptors (Lipinski definition) is 7. The van der Waals surface area contributed by atoms with Crippen molar-refractivity contribution in [1.29, 1.82) is 0 Å². The van der Waals surface area contributed by atoms with Gasteiger partial charge in [-0.25, -0.2) is 12.8 Å². The van der Waals surface area contributed by atoms with Gasteiger partial charge in [0.2, 0.25) is 5.91 Å². The summed E-state index contributed by atoms with van der Waals surface area (Å²) < 4.78 is 42.8. The summed E-state index contributed by atoms with van der Waals surface area (Å²) >= 11 is 0. The summed E-state index contributed by atoms with van der Waals surface area (Å²) in [6, 6.07) is 5.66. The van der Waals surface area contributed by atoms with Crippen LogP contribution in [0.25, 0.3) is 0 Å². The summed E-state index contributed by atoms with van der Waals surface area (Å²) in [5, 5.41) is 12.5. The first-order valence-electron chi connectivity index (χ1n) is 10.6. The van der Waals surface area contributed by atoms with E-state index in [-0.39, 0.29) is 48.1 Å². The van der Waals surface area contributed by atoms with Crippen molar-refractivity contribution in [2.75, 3.05) is 32.6 Å². The minimum Gasteiger partial charge on any atom is -0.368 e. The average molecular weight is 460 g/mol. The number of alkyl halides is 1. The number of hydrogen-bond donors (Lipinski definition) is 3. The molecule has 2 rings (SSSR count). The second kappa shape index (κ2) is 11.9. The topological polar surface area (TPSA) is 122 Å². The van der Waals surface area contributed by atoms with Gasteiger partial charge in [-0.05, 0) is 44.5 Å².